The van der Waals surface area contributed by atoms with Crippen molar-refractivity contribution < 1.29 is 14.8 Å². The van der Waals surface area contributed by atoms with Crippen molar-refractivity contribution in [3.63, 3.8) is 0 Å². The lowest BCUT2D eigenvalue weighted by Gasteiger charge is -2.58. The summed E-state index contributed by atoms with van der Waals surface area (Å²) in [5, 5.41) is 24.5. The summed E-state index contributed by atoms with van der Waals surface area (Å²) in [5.74, 6) is 0.990. The minimum Gasteiger partial charge on any atom is -0.390 e. The van der Waals surface area contributed by atoms with E-state index in [9.17, 15) is 20.0 Å². The van der Waals surface area contributed by atoms with E-state index in [0.717, 1.165) is 32.1 Å². The molecule has 0 radical (unpaired) electrons. The Hall–Kier alpha value is -1.95. The Labute approximate surface area is 134 Å². The average molecular weight is 316 g/mol. The molecule has 1 amide bonds. The van der Waals surface area contributed by atoms with Crippen molar-refractivity contribution in [1.82, 2.24) is 5.32 Å². The number of carbonyl (C=O) groups excluding carboxylic acids is 1. The highest BCUT2D eigenvalue weighted by molar-refractivity contribution is 5.95. The highest BCUT2D eigenvalue weighted by atomic mass is 16.6. The fraction of sp³-hybridized carbons (Fsp3) is 0.588. The number of carbonyl (C=O) groups is 1. The van der Waals surface area contributed by atoms with E-state index in [1.807, 2.05) is 0 Å². The molecule has 0 aromatic heterocycles. The molecule has 6 nitrogen and oxygen atoms in total. The molecule has 2 N–H and O–H groups in total. The van der Waals surface area contributed by atoms with Crippen molar-refractivity contribution in [2.24, 2.45) is 17.8 Å². The highest BCUT2D eigenvalue weighted by Crippen LogP contribution is 2.55. The lowest BCUT2D eigenvalue weighted by Crippen LogP contribution is -2.61. The molecule has 6 heteroatoms. The molecule has 4 bridgehead atoms. The predicted molar refractivity (Wildman–Crippen MR) is 82.9 cm³/mol. The number of aliphatic hydroxyl groups is 1. The Morgan fingerprint density at radius 1 is 1.26 bits per heavy atom. The van der Waals surface area contributed by atoms with Crippen LogP contribution in [0.3, 0.4) is 0 Å². The van der Waals surface area contributed by atoms with E-state index >= 15 is 0 Å². The van der Waals surface area contributed by atoms with Crippen molar-refractivity contribution in [3.05, 3.63) is 39.9 Å². The number of hydrogen-bond acceptors (Lipinski definition) is 4. The summed E-state index contributed by atoms with van der Waals surface area (Å²) in [6, 6.07) is 5.92. The number of nitro groups is 1. The van der Waals surface area contributed by atoms with Gasteiger partial charge < -0.3 is 10.4 Å². The molecule has 0 aliphatic heterocycles. The second-order valence-corrected chi connectivity index (χ2v) is 7.50. The third-order valence-electron chi connectivity index (χ3n) is 5.86. The van der Waals surface area contributed by atoms with Crippen LogP contribution in [-0.2, 0) is 0 Å². The Kier molecular flexibility index (Phi) is 3.20. The first-order valence-corrected chi connectivity index (χ1v) is 8.21. The standard InChI is InChI=1S/C17H20N2O4/c20-16(11-2-1-3-14(6-11)19(22)23)18-15-12-4-10-5-13(15)9-17(21,7-10)8-12/h1-3,6,10,12-13,15,21H,4-5,7-9H2,(H,18,20)/t10?,12-,13+,15?,17?. The van der Waals surface area contributed by atoms with Crippen molar-refractivity contribution in [2.45, 2.75) is 43.7 Å². The van der Waals surface area contributed by atoms with E-state index in [1.165, 1.54) is 18.2 Å². The van der Waals surface area contributed by atoms with Crippen LogP contribution in [0.2, 0.25) is 0 Å². The molecular formula is C17H20N2O4. The van der Waals surface area contributed by atoms with E-state index in [-0.39, 0.29) is 17.6 Å². The summed E-state index contributed by atoms with van der Waals surface area (Å²) >= 11 is 0. The highest BCUT2D eigenvalue weighted by Gasteiger charge is 2.55. The largest absolute Gasteiger partial charge is 0.390 e. The van der Waals surface area contributed by atoms with E-state index in [1.54, 1.807) is 6.07 Å². The minimum atomic E-state index is -0.525. The fourth-order valence-corrected chi connectivity index (χ4v) is 5.21. The molecule has 1 aromatic rings. The van der Waals surface area contributed by atoms with E-state index < -0.39 is 10.5 Å². The molecule has 4 fully saturated rings. The van der Waals surface area contributed by atoms with Crippen molar-refractivity contribution in [3.8, 4) is 0 Å². The summed E-state index contributed by atoms with van der Waals surface area (Å²) < 4.78 is 0. The van der Waals surface area contributed by atoms with Crippen LogP contribution in [0.25, 0.3) is 0 Å². The van der Waals surface area contributed by atoms with Gasteiger partial charge in [0.05, 0.1) is 10.5 Å². The van der Waals surface area contributed by atoms with Crippen LogP contribution in [-0.4, -0.2) is 27.6 Å². The summed E-state index contributed by atoms with van der Waals surface area (Å²) in [4.78, 5) is 22.9. The van der Waals surface area contributed by atoms with Crippen LogP contribution in [0.4, 0.5) is 5.69 Å². The number of non-ortho nitro benzene ring substituents is 1. The van der Waals surface area contributed by atoms with Gasteiger partial charge in [0.1, 0.15) is 0 Å². The van der Waals surface area contributed by atoms with Crippen LogP contribution in [0, 0.1) is 27.9 Å². The molecule has 23 heavy (non-hydrogen) atoms. The smallest absolute Gasteiger partial charge is 0.270 e. The second-order valence-electron chi connectivity index (χ2n) is 7.50. The zero-order valence-corrected chi connectivity index (χ0v) is 12.8. The van der Waals surface area contributed by atoms with E-state index in [2.05, 4.69) is 5.32 Å². The number of hydrogen-bond donors (Lipinski definition) is 2. The number of nitrogens with one attached hydrogen (secondary N) is 1. The Morgan fingerprint density at radius 3 is 2.57 bits per heavy atom. The molecular weight excluding hydrogens is 296 g/mol. The molecule has 4 aliphatic rings. The molecule has 5 rings (SSSR count). The Morgan fingerprint density at radius 2 is 1.96 bits per heavy atom. The molecule has 0 heterocycles. The maximum Gasteiger partial charge on any atom is 0.270 e. The van der Waals surface area contributed by atoms with Gasteiger partial charge in [0, 0.05) is 23.7 Å². The zero-order chi connectivity index (χ0) is 16.2. The van der Waals surface area contributed by atoms with Crippen molar-refractivity contribution >= 4 is 11.6 Å². The SMILES string of the molecule is O=C(NC1[C@@H]2CC3C[C@H]1CC(O)(C3)C2)c1cccc([N+](=O)[O-])c1. The second kappa shape index (κ2) is 5.03. The van der Waals surface area contributed by atoms with Crippen molar-refractivity contribution in [2.75, 3.05) is 0 Å². The lowest BCUT2D eigenvalue weighted by atomic mass is 9.52. The maximum atomic E-state index is 12.5. The summed E-state index contributed by atoms with van der Waals surface area (Å²) in [7, 11) is 0. The first-order chi connectivity index (χ1) is 10.9. The number of nitro benzene ring substituents is 1. The zero-order valence-electron chi connectivity index (χ0n) is 12.8. The van der Waals surface area contributed by atoms with Gasteiger partial charge in [-0.25, -0.2) is 0 Å². The Bertz CT molecular complexity index is 658. The number of rotatable bonds is 3. The van der Waals surface area contributed by atoms with Gasteiger partial charge in [0.15, 0.2) is 0 Å². The first-order valence-electron chi connectivity index (χ1n) is 8.21. The lowest BCUT2D eigenvalue weighted by molar-refractivity contribution is -0.384. The van der Waals surface area contributed by atoms with Crippen LogP contribution < -0.4 is 5.32 Å². The van der Waals surface area contributed by atoms with Crippen LogP contribution in [0.1, 0.15) is 42.5 Å². The number of amides is 1. The van der Waals surface area contributed by atoms with Gasteiger partial charge in [-0.05, 0) is 55.9 Å². The quantitative estimate of drug-likeness (QED) is 0.661. The fourth-order valence-electron chi connectivity index (χ4n) is 5.21. The van der Waals surface area contributed by atoms with Crippen molar-refractivity contribution in [1.29, 1.82) is 0 Å². The Balaban J connectivity index is 1.51. The molecule has 1 aromatic carbocycles. The summed E-state index contributed by atoms with van der Waals surface area (Å²) in [5.41, 5.74) is -0.271. The van der Waals surface area contributed by atoms with Gasteiger partial charge in [-0.3, -0.25) is 14.9 Å². The molecule has 122 valence electrons. The van der Waals surface area contributed by atoms with Gasteiger partial charge in [0.2, 0.25) is 0 Å². The molecule has 0 saturated heterocycles. The number of benzene rings is 1. The van der Waals surface area contributed by atoms with Gasteiger partial charge in [-0.1, -0.05) is 6.07 Å². The molecule has 3 unspecified atom stereocenters. The predicted octanol–water partition coefficient (Wildman–Crippen LogP) is 2.26. The van der Waals surface area contributed by atoms with Gasteiger partial charge >= 0.3 is 0 Å². The molecule has 0 spiro atoms. The third-order valence-corrected chi connectivity index (χ3v) is 5.86. The van der Waals surface area contributed by atoms with Crippen LogP contribution in [0.5, 0.6) is 0 Å². The molecule has 5 atom stereocenters. The van der Waals surface area contributed by atoms with Crippen LogP contribution in [0.15, 0.2) is 24.3 Å². The van der Waals surface area contributed by atoms with Gasteiger partial charge in [-0.15, -0.1) is 0 Å². The average Bonchev–Trinajstić information content (AvgIpc) is 2.49. The molecule has 4 aliphatic carbocycles. The van der Waals surface area contributed by atoms with Gasteiger partial charge in [-0.2, -0.15) is 0 Å². The topological polar surface area (TPSA) is 92.5 Å². The number of nitrogens with zero attached hydrogens (tertiary/aromatic N) is 1. The third kappa shape index (κ3) is 2.51. The minimum absolute atomic E-state index is 0.0722. The normalized spacial score (nSPS) is 37.6. The first kappa shape index (κ1) is 14.6. The van der Waals surface area contributed by atoms with E-state index in [0.29, 0.717) is 23.3 Å². The summed E-state index contributed by atoms with van der Waals surface area (Å²) in [6.45, 7) is 0. The molecule has 4 saturated carbocycles. The maximum absolute atomic E-state index is 12.5. The van der Waals surface area contributed by atoms with Gasteiger partial charge in [0.25, 0.3) is 11.6 Å². The summed E-state index contributed by atoms with van der Waals surface area (Å²) in [6.07, 6.45) is 4.57. The van der Waals surface area contributed by atoms with E-state index in [4.69, 9.17) is 0 Å². The monoisotopic (exact) mass is 316 g/mol. The van der Waals surface area contributed by atoms with Crippen LogP contribution >= 0.6 is 0 Å².